The van der Waals surface area contributed by atoms with Gasteiger partial charge >= 0.3 is 6.09 Å². The van der Waals surface area contributed by atoms with Gasteiger partial charge in [0, 0.05) is 6.04 Å². The van der Waals surface area contributed by atoms with Crippen molar-refractivity contribution in [2.75, 3.05) is 13.2 Å². The topological polar surface area (TPSA) is 103 Å². The molecule has 0 bridgehead atoms. The van der Waals surface area contributed by atoms with Crippen molar-refractivity contribution in [2.45, 2.75) is 38.1 Å². The highest BCUT2D eigenvalue weighted by molar-refractivity contribution is 5.78. The van der Waals surface area contributed by atoms with Crippen LogP contribution in [0.3, 0.4) is 0 Å². The zero-order valence-corrected chi connectivity index (χ0v) is 9.45. The van der Waals surface area contributed by atoms with Crippen LogP contribution in [0.4, 0.5) is 4.79 Å². The molecule has 1 aliphatic carbocycles. The molecule has 5 N–H and O–H groups in total. The van der Waals surface area contributed by atoms with Crippen LogP contribution in [-0.2, 0) is 4.74 Å². The van der Waals surface area contributed by atoms with Gasteiger partial charge in [0.15, 0.2) is 5.96 Å². The van der Waals surface area contributed by atoms with Gasteiger partial charge in [-0.1, -0.05) is 19.3 Å². The molecule has 6 nitrogen and oxygen atoms in total. The molecule has 1 saturated carbocycles. The Labute approximate surface area is 95.4 Å². The molecule has 1 rings (SSSR count). The fourth-order valence-corrected chi connectivity index (χ4v) is 1.81. The largest absolute Gasteiger partial charge is 0.448 e. The summed E-state index contributed by atoms with van der Waals surface area (Å²) in [7, 11) is 0. The fourth-order valence-electron chi connectivity index (χ4n) is 1.81. The maximum Gasteiger partial charge on any atom is 0.404 e. The molecule has 1 fully saturated rings. The van der Waals surface area contributed by atoms with E-state index < -0.39 is 6.09 Å². The third kappa shape index (κ3) is 5.43. The van der Waals surface area contributed by atoms with E-state index in [0.717, 1.165) is 12.8 Å². The second kappa shape index (κ2) is 6.92. The van der Waals surface area contributed by atoms with Crippen LogP contribution < -0.4 is 16.8 Å². The highest BCUT2D eigenvalue weighted by atomic mass is 16.5. The lowest BCUT2D eigenvalue weighted by molar-refractivity contribution is 0.160. The number of aliphatic imine (C=N–C) groups is 1. The van der Waals surface area contributed by atoms with Gasteiger partial charge < -0.3 is 21.5 Å². The molecule has 0 aromatic rings. The van der Waals surface area contributed by atoms with Crippen LogP contribution in [0.25, 0.3) is 0 Å². The first-order valence-electron chi connectivity index (χ1n) is 5.67. The normalized spacial score (nSPS) is 18.1. The van der Waals surface area contributed by atoms with Crippen LogP contribution in [0, 0.1) is 0 Å². The Bertz CT molecular complexity index is 249. The van der Waals surface area contributed by atoms with E-state index in [-0.39, 0.29) is 6.61 Å². The third-order valence-corrected chi connectivity index (χ3v) is 2.57. The van der Waals surface area contributed by atoms with E-state index in [4.69, 9.17) is 11.5 Å². The maximum atomic E-state index is 10.3. The predicted molar refractivity (Wildman–Crippen MR) is 62.0 cm³/mol. The Morgan fingerprint density at radius 3 is 2.62 bits per heavy atom. The molecule has 1 aliphatic rings. The van der Waals surface area contributed by atoms with E-state index >= 15 is 0 Å². The van der Waals surface area contributed by atoms with Gasteiger partial charge in [-0.05, 0) is 12.8 Å². The molecule has 0 atom stereocenters. The summed E-state index contributed by atoms with van der Waals surface area (Å²) in [5.74, 6) is 0.417. The van der Waals surface area contributed by atoms with Crippen molar-refractivity contribution >= 4 is 12.1 Å². The average Bonchev–Trinajstić information content (AvgIpc) is 2.25. The van der Waals surface area contributed by atoms with E-state index in [9.17, 15) is 4.79 Å². The minimum atomic E-state index is -0.783. The molecule has 0 aromatic carbocycles. The summed E-state index contributed by atoms with van der Waals surface area (Å²) in [6.45, 7) is 0.511. The molecule has 0 radical (unpaired) electrons. The summed E-state index contributed by atoms with van der Waals surface area (Å²) in [5, 5.41) is 3.16. The van der Waals surface area contributed by atoms with E-state index in [1.54, 1.807) is 0 Å². The quantitative estimate of drug-likeness (QED) is 0.366. The van der Waals surface area contributed by atoms with Crippen LogP contribution >= 0.6 is 0 Å². The summed E-state index contributed by atoms with van der Waals surface area (Å²) >= 11 is 0. The molecule has 0 spiro atoms. The monoisotopic (exact) mass is 228 g/mol. The Kier molecular flexibility index (Phi) is 5.45. The Balaban J connectivity index is 2.14. The predicted octanol–water partition coefficient (Wildman–Crippen LogP) is 0.319. The molecule has 0 aromatic heterocycles. The molecule has 0 heterocycles. The summed E-state index contributed by atoms with van der Waals surface area (Å²) in [4.78, 5) is 14.3. The van der Waals surface area contributed by atoms with Gasteiger partial charge in [-0.25, -0.2) is 9.79 Å². The summed E-state index contributed by atoms with van der Waals surface area (Å²) in [6.07, 6.45) is 5.31. The molecule has 0 saturated heterocycles. The van der Waals surface area contributed by atoms with Crippen molar-refractivity contribution in [3.63, 3.8) is 0 Å². The second-order valence-corrected chi connectivity index (χ2v) is 3.91. The van der Waals surface area contributed by atoms with Crippen molar-refractivity contribution in [3.05, 3.63) is 0 Å². The number of guanidine groups is 1. The smallest absolute Gasteiger partial charge is 0.404 e. The van der Waals surface area contributed by atoms with Crippen LogP contribution in [0.2, 0.25) is 0 Å². The molecule has 92 valence electrons. The van der Waals surface area contributed by atoms with Crippen molar-refractivity contribution in [1.82, 2.24) is 5.32 Å². The second-order valence-electron chi connectivity index (χ2n) is 3.91. The minimum absolute atomic E-state index is 0.169. The third-order valence-electron chi connectivity index (χ3n) is 2.57. The standard InChI is InChI=1S/C10H20N4O2/c11-9(13-6-7-16-10(12)15)14-8-4-2-1-3-5-8/h8H,1-7H2,(H2,12,15)(H3,11,13,14). The Hall–Kier alpha value is -1.46. The molecule has 0 aliphatic heterocycles. The molecule has 1 amide bonds. The van der Waals surface area contributed by atoms with Gasteiger partial charge in [-0.2, -0.15) is 0 Å². The number of rotatable bonds is 4. The van der Waals surface area contributed by atoms with Gasteiger partial charge in [-0.15, -0.1) is 0 Å². The molecule has 0 unspecified atom stereocenters. The lowest BCUT2D eigenvalue weighted by Crippen LogP contribution is -2.41. The van der Waals surface area contributed by atoms with Crippen LogP contribution in [0.5, 0.6) is 0 Å². The van der Waals surface area contributed by atoms with E-state index in [0.29, 0.717) is 18.5 Å². The number of hydrogen-bond acceptors (Lipinski definition) is 3. The number of nitrogens with one attached hydrogen (secondary N) is 1. The molecule has 16 heavy (non-hydrogen) atoms. The van der Waals surface area contributed by atoms with Crippen LogP contribution in [0.1, 0.15) is 32.1 Å². The summed E-state index contributed by atoms with van der Waals surface area (Å²) in [6, 6.07) is 0.439. The number of hydrogen-bond donors (Lipinski definition) is 3. The molecular formula is C10H20N4O2. The van der Waals surface area contributed by atoms with Gasteiger partial charge in [0.2, 0.25) is 0 Å². The zero-order valence-electron chi connectivity index (χ0n) is 9.45. The molecular weight excluding hydrogens is 208 g/mol. The van der Waals surface area contributed by atoms with Gasteiger partial charge in [0.25, 0.3) is 0 Å². The first-order valence-corrected chi connectivity index (χ1v) is 5.67. The van der Waals surface area contributed by atoms with Crippen molar-refractivity contribution < 1.29 is 9.53 Å². The number of carbonyl (C=O) groups is 1. The van der Waals surface area contributed by atoms with Crippen LogP contribution in [0.15, 0.2) is 4.99 Å². The van der Waals surface area contributed by atoms with Gasteiger partial charge in [0.05, 0.1) is 6.54 Å². The first kappa shape index (κ1) is 12.6. The Morgan fingerprint density at radius 1 is 1.31 bits per heavy atom. The highest BCUT2D eigenvalue weighted by Crippen LogP contribution is 2.16. The molecule has 6 heteroatoms. The summed E-state index contributed by atoms with van der Waals surface area (Å²) < 4.78 is 4.53. The number of nitrogens with zero attached hydrogens (tertiary/aromatic N) is 1. The van der Waals surface area contributed by atoms with E-state index in [1.165, 1.54) is 19.3 Å². The van der Waals surface area contributed by atoms with Gasteiger partial charge in [-0.3, -0.25) is 0 Å². The van der Waals surface area contributed by atoms with Crippen molar-refractivity contribution in [3.8, 4) is 0 Å². The Morgan fingerprint density at radius 2 is 2.00 bits per heavy atom. The first-order chi connectivity index (χ1) is 7.68. The fraction of sp³-hybridized carbons (Fsp3) is 0.800. The van der Waals surface area contributed by atoms with E-state index in [1.807, 2.05) is 0 Å². The number of amides is 1. The number of primary amides is 1. The lowest BCUT2D eigenvalue weighted by Gasteiger charge is -2.23. The summed E-state index contributed by atoms with van der Waals surface area (Å²) in [5.41, 5.74) is 10.5. The average molecular weight is 228 g/mol. The zero-order chi connectivity index (χ0) is 11.8. The van der Waals surface area contributed by atoms with Crippen LogP contribution in [-0.4, -0.2) is 31.2 Å². The number of carbonyl (C=O) groups excluding carboxylic acids is 1. The SMILES string of the molecule is NC(=O)OCCN=C(N)NC1CCCCC1. The highest BCUT2D eigenvalue weighted by Gasteiger charge is 2.12. The van der Waals surface area contributed by atoms with E-state index in [2.05, 4.69) is 15.0 Å². The van der Waals surface area contributed by atoms with Gasteiger partial charge in [0.1, 0.15) is 6.61 Å². The number of ether oxygens (including phenoxy) is 1. The minimum Gasteiger partial charge on any atom is -0.448 e. The number of nitrogens with two attached hydrogens (primary N) is 2. The van der Waals surface area contributed by atoms with Crippen molar-refractivity contribution in [1.29, 1.82) is 0 Å². The van der Waals surface area contributed by atoms with Crippen molar-refractivity contribution in [2.24, 2.45) is 16.5 Å². The lowest BCUT2D eigenvalue weighted by atomic mass is 9.96. The maximum absolute atomic E-state index is 10.3.